The highest BCUT2D eigenvalue weighted by molar-refractivity contribution is 5.44. The molecule has 0 aliphatic heterocycles. The van der Waals surface area contributed by atoms with E-state index in [-0.39, 0.29) is 0 Å². The van der Waals surface area contributed by atoms with E-state index in [4.69, 9.17) is 0 Å². The van der Waals surface area contributed by atoms with Gasteiger partial charge >= 0.3 is 0 Å². The Morgan fingerprint density at radius 1 is 0.750 bits per heavy atom. The third-order valence-electron chi connectivity index (χ3n) is 5.04. The van der Waals surface area contributed by atoms with Gasteiger partial charge < -0.3 is 10.2 Å². The molecule has 0 amide bonds. The molecule has 2 rings (SSSR count). The highest BCUT2D eigenvalue weighted by atomic mass is 16.3. The van der Waals surface area contributed by atoms with Crippen molar-refractivity contribution < 1.29 is 10.2 Å². The lowest BCUT2D eigenvalue weighted by molar-refractivity contribution is 0.455. The first-order chi connectivity index (χ1) is 11.2. The molecule has 0 aliphatic rings. The van der Waals surface area contributed by atoms with Crippen LogP contribution in [0.25, 0.3) is 0 Å². The summed E-state index contributed by atoms with van der Waals surface area (Å²) >= 11 is 0. The van der Waals surface area contributed by atoms with Crippen LogP contribution in [0.15, 0.2) is 24.3 Å². The van der Waals surface area contributed by atoms with Crippen molar-refractivity contribution in [3.05, 3.63) is 57.6 Å². The minimum Gasteiger partial charge on any atom is -0.507 e. The molecule has 2 aromatic rings. The molecule has 2 nitrogen and oxygen atoms in total. The summed E-state index contributed by atoms with van der Waals surface area (Å²) in [5.74, 6) is 1.81. The zero-order valence-corrected chi connectivity index (χ0v) is 15.8. The summed E-state index contributed by atoms with van der Waals surface area (Å²) in [6.07, 6.45) is 2.05. The Kier molecular flexibility index (Phi) is 5.58. The van der Waals surface area contributed by atoms with Gasteiger partial charge in [-0.3, -0.25) is 0 Å². The Morgan fingerprint density at radius 2 is 1.17 bits per heavy atom. The molecule has 1 unspecified atom stereocenters. The smallest absolute Gasteiger partial charge is 0.121 e. The fourth-order valence-electron chi connectivity index (χ4n) is 3.60. The summed E-state index contributed by atoms with van der Waals surface area (Å²) in [5, 5.41) is 20.0. The summed E-state index contributed by atoms with van der Waals surface area (Å²) in [7, 11) is 0. The summed E-state index contributed by atoms with van der Waals surface area (Å²) in [4.78, 5) is 0. The van der Waals surface area contributed by atoms with Gasteiger partial charge in [-0.25, -0.2) is 0 Å². The van der Waals surface area contributed by atoms with Gasteiger partial charge in [0.1, 0.15) is 11.5 Å². The van der Waals surface area contributed by atoms with E-state index >= 15 is 0 Å². The van der Waals surface area contributed by atoms with E-state index in [0.29, 0.717) is 23.3 Å². The third-order valence-corrected chi connectivity index (χ3v) is 5.04. The van der Waals surface area contributed by atoms with E-state index in [1.54, 1.807) is 0 Å². The second-order valence-electron chi connectivity index (χ2n) is 7.47. The average molecular weight is 326 g/mol. The standard InChI is InChI=1S/C22H30O2/c1-13(2)20(19-11-16(5)22(24)17(6)12-19)8-7-18-9-14(3)21(23)15(4)10-18/h9-13,20,23-24H,7-8H2,1-6H3. The Labute approximate surface area is 146 Å². The van der Waals surface area contributed by atoms with Gasteiger partial charge in [-0.05, 0) is 85.8 Å². The van der Waals surface area contributed by atoms with Gasteiger partial charge in [-0.2, -0.15) is 0 Å². The zero-order valence-electron chi connectivity index (χ0n) is 15.8. The van der Waals surface area contributed by atoms with E-state index in [2.05, 4.69) is 38.1 Å². The van der Waals surface area contributed by atoms with E-state index in [9.17, 15) is 10.2 Å². The SMILES string of the molecule is Cc1cc(CCC(c2cc(C)c(O)c(C)c2)C(C)C)cc(C)c1O. The predicted octanol–water partition coefficient (Wildman–Crippen LogP) is 5.70. The molecular weight excluding hydrogens is 296 g/mol. The van der Waals surface area contributed by atoms with Gasteiger partial charge in [0.25, 0.3) is 0 Å². The van der Waals surface area contributed by atoms with Crippen molar-refractivity contribution in [1.29, 1.82) is 0 Å². The second kappa shape index (κ2) is 7.29. The van der Waals surface area contributed by atoms with Crippen LogP contribution in [-0.2, 0) is 6.42 Å². The maximum atomic E-state index is 10.0. The number of hydrogen-bond donors (Lipinski definition) is 2. The fraction of sp³-hybridized carbons (Fsp3) is 0.455. The molecule has 0 heterocycles. The van der Waals surface area contributed by atoms with Gasteiger partial charge in [0.05, 0.1) is 0 Å². The maximum Gasteiger partial charge on any atom is 0.121 e. The molecule has 0 aliphatic carbocycles. The Bertz CT molecular complexity index is 683. The van der Waals surface area contributed by atoms with Crippen molar-refractivity contribution in [2.24, 2.45) is 5.92 Å². The molecule has 2 aromatic carbocycles. The van der Waals surface area contributed by atoms with Crippen LogP contribution in [0, 0.1) is 33.6 Å². The molecule has 0 radical (unpaired) electrons. The molecule has 0 aromatic heterocycles. The molecule has 24 heavy (non-hydrogen) atoms. The fourth-order valence-corrected chi connectivity index (χ4v) is 3.60. The number of phenolic OH excluding ortho intramolecular Hbond substituents is 2. The van der Waals surface area contributed by atoms with E-state index in [1.807, 2.05) is 27.7 Å². The number of hydrogen-bond acceptors (Lipinski definition) is 2. The van der Waals surface area contributed by atoms with Crippen LogP contribution in [0.2, 0.25) is 0 Å². The summed E-state index contributed by atoms with van der Waals surface area (Å²) in [5.41, 5.74) is 6.38. The average Bonchev–Trinajstić information content (AvgIpc) is 2.49. The molecular formula is C22H30O2. The van der Waals surface area contributed by atoms with Crippen LogP contribution < -0.4 is 0 Å². The highest BCUT2D eigenvalue weighted by Crippen LogP contribution is 2.34. The van der Waals surface area contributed by atoms with Crippen LogP contribution in [0.5, 0.6) is 11.5 Å². The predicted molar refractivity (Wildman–Crippen MR) is 101 cm³/mol. The molecule has 0 fully saturated rings. The van der Waals surface area contributed by atoms with Crippen LogP contribution >= 0.6 is 0 Å². The number of benzene rings is 2. The van der Waals surface area contributed by atoms with E-state index < -0.39 is 0 Å². The molecule has 2 heteroatoms. The molecule has 0 saturated heterocycles. The summed E-state index contributed by atoms with van der Waals surface area (Å²) in [6.45, 7) is 12.4. The lowest BCUT2D eigenvalue weighted by Gasteiger charge is -2.23. The molecule has 0 spiro atoms. The normalized spacial score (nSPS) is 12.6. The Hall–Kier alpha value is -1.96. The van der Waals surface area contributed by atoms with Gasteiger partial charge in [0.15, 0.2) is 0 Å². The van der Waals surface area contributed by atoms with Crippen LogP contribution in [0.1, 0.15) is 59.6 Å². The number of phenols is 2. The van der Waals surface area contributed by atoms with Crippen molar-refractivity contribution >= 4 is 0 Å². The largest absolute Gasteiger partial charge is 0.507 e. The van der Waals surface area contributed by atoms with Crippen molar-refractivity contribution in [3.8, 4) is 11.5 Å². The van der Waals surface area contributed by atoms with Crippen molar-refractivity contribution in [2.75, 3.05) is 0 Å². The summed E-state index contributed by atoms with van der Waals surface area (Å²) < 4.78 is 0. The first-order valence-corrected chi connectivity index (χ1v) is 8.80. The first-order valence-electron chi connectivity index (χ1n) is 8.80. The van der Waals surface area contributed by atoms with Crippen molar-refractivity contribution in [3.63, 3.8) is 0 Å². The molecule has 2 N–H and O–H groups in total. The second-order valence-corrected chi connectivity index (χ2v) is 7.47. The first kappa shape index (κ1) is 18.4. The van der Waals surface area contributed by atoms with Gasteiger partial charge in [0, 0.05) is 0 Å². The minimum absolute atomic E-state index is 0.406. The number of aromatic hydroxyl groups is 2. The van der Waals surface area contributed by atoms with Crippen LogP contribution in [-0.4, -0.2) is 10.2 Å². The Balaban J connectivity index is 2.24. The van der Waals surface area contributed by atoms with Gasteiger partial charge in [0.2, 0.25) is 0 Å². The maximum absolute atomic E-state index is 10.0. The minimum atomic E-state index is 0.406. The highest BCUT2D eigenvalue weighted by Gasteiger charge is 2.18. The quantitative estimate of drug-likeness (QED) is 0.739. The molecule has 0 bridgehead atoms. The lowest BCUT2D eigenvalue weighted by atomic mass is 9.82. The monoisotopic (exact) mass is 326 g/mol. The van der Waals surface area contributed by atoms with Gasteiger partial charge in [-0.1, -0.05) is 38.1 Å². The topological polar surface area (TPSA) is 40.5 Å². The number of aryl methyl sites for hydroxylation is 5. The van der Waals surface area contributed by atoms with Crippen LogP contribution in [0.3, 0.4) is 0 Å². The Morgan fingerprint density at radius 3 is 1.58 bits per heavy atom. The molecule has 0 saturated carbocycles. The van der Waals surface area contributed by atoms with E-state index in [0.717, 1.165) is 35.1 Å². The lowest BCUT2D eigenvalue weighted by Crippen LogP contribution is -2.09. The van der Waals surface area contributed by atoms with E-state index in [1.165, 1.54) is 11.1 Å². The van der Waals surface area contributed by atoms with Gasteiger partial charge in [-0.15, -0.1) is 0 Å². The number of rotatable bonds is 5. The molecule has 1 atom stereocenters. The van der Waals surface area contributed by atoms with Crippen molar-refractivity contribution in [1.82, 2.24) is 0 Å². The zero-order chi connectivity index (χ0) is 18.0. The third kappa shape index (κ3) is 3.92. The van der Waals surface area contributed by atoms with Crippen molar-refractivity contribution in [2.45, 2.75) is 60.3 Å². The molecule has 130 valence electrons. The van der Waals surface area contributed by atoms with Crippen LogP contribution in [0.4, 0.5) is 0 Å². The summed E-state index contributed by atoms with van der Waals surface area (Å²) in [6, 6.07) is 8.43.